The molecule has 13 heavy (non-hydrogen) atoms. The first kappa shape index (κ1) is 10.4. The van der Waals surface area contributed by atoms with Crippen LogP contribution in [-0.4, -0.2) is 18.3 Å². The van der Waals surface area contributed by atoms with E-state index in [0.717, 1.165) is 11.3 Å². The number of rotatable bonds is 4. The molecule has 0 saturated carbocycles. The fraction of sp³-hybridized carbons (Fsp3) is 0.400. The highest BCUT2D eigenvalue weighted by Crippen LogP contribution is 2.21. The highest BCUT2D eigenvalue weighted by molar-refractivity contribution is 6.30. The van der Waals surface area contributed by atoms with Crippen LogP contribution in [0.2, 0.25) is 5.02 Å². The van der Waals surface area contributed by atoms with Gasteiger partial charge in [-0.2, -0.15) is 0 Å². The number of aliphatic hydroxyl groups excluding tert-OH is 1. The summed E-state index contributed by atoms with van der Waals surface area (Å²) in [7, 11) is 0. The second-order valence-corrected chi connectivity index (χ2v) is 3.27. The van der Waals surface area contributed by atoms with Crippen molar-refractivity contribution < 1.29 is 9.84 Å². The van der Waals surface area contributed by atoms with Gasteiger partial charge in [-0.25, -0.2) is 0 Å². The molecule has 0 aromatic heterocycles. The summed E-state index contributed by atoms with van der Waals surface area (Å²) in [5.41, 5.74) is 1.02. The van der Waals surface area contributed by atoms with Crippen LogP contribution in [0.15, 0.2) is 18.2 Å². The lowest BCUT2D eigenvalue weighted by atomic mass is 10.2. The summed E-state index contributed by atoms with van der Waals surface area (Å²) >= 11 is 5.78. The third-order valence-corrected chi connectivity index (χ3v) is 1.93. The van der Waals surface area contributed by atoms with Crippen molar-refractivity contribution in [3.63, 3.8) is 0 Å². The van der Waals surface area contributed by atoms with Crippen LogP contribution in [0.5, 0.6) is 5.75 Å². The molecule has 72 valence electrons. The van der Waals surface area contributed by atoms with Crippen LogP contribution in [0.3, 0.4) is 0 Å². The Morgan fingerprint density at radius 2 is 2.23 bits per heavy atom. The minimum absolute atomic E-state index is 0.159. The van der Waals surface area contributed by atoms with E-state index < -0.39 is 0 Å². The molecule has 0 heterocycles. The quantitative estimate of drug-likeness (QED) is 0.757. The van der Waals surface area contributed by atoms with Crippen molar-refractivity contribution in [2.45, 2.75) is 13.3 Å². The summed E-state index contributed by atoms with van der Waals surface area (Å²) in [6.45, 7) is 2.64. The van der Waals surface area contributed by atoms with Gasteiger partial charge in [0.2, 0.25) is 0 Å². The second kappa shape index (κ2) is 5.10. The van der Waals surface area contributed by atoms with E-state index in [1.165, 1.54) is 0 Å². The van der Waals surface area contributed by atoms with Crippen molar-refractivity contribution in [2.75, 3.05) is 13.2 Å². The maximum atomic E-state index is 8.56. The van der Waals surface area contributed by atoms with Crippen LogP contribution in [0, 0.1) is 6.92 Å². The lowest BCUT2D eigenvalue weighted by molar-refractivity contribution is 0.233. The molecule has 0 amide bonds. The number of aliphatic hydroxyl groups is 1. The molecule has 1 aromatic carbocycles. The largest absolute Gasteiger partial charge is 0.493 e. The van der Waals surface area contributed by atoms with E-state index in [4.69, 9.17) is 21.4 Å². The molecule has 0 aliphatic heterocycles. The van der Waals surface area contributed by atoms with E-state index in [2.05, 4.69) is 0 Å². The van der Waals surface area contributed by atoms with Gasteiger partial charge in [0.1, 0.15) is 5.75 Å². The van der Waals surface area contributed by atoms with E-state index in [0.29, 0.717) is 18.1 Å². The Hall–Kier alpha value is -0.730. The van der Waals surface area contributed by atoms with Gasteiger partial charge in [-0.05, 0) is 30.7 Å². The van der Waals surface area contributed by atoms with E-state index in [-0.39, 0.29) is 6.61 Å². The summed E-state index contributed by atoms with van der Waals surface area (Å²) in [5, 5.41) is 9.27. The normalized spacial score (nSPS) is 10.1. The smallest absolute Gasteiger partial charge is 0.122 e. The Kier molecular flexibility index (Phi) is 4.06. The fourth-order valence-corrected chi connectivity index (χ4v) is 1.25. The van der Waals surface area contributed by atoms with Crippen molar-refractivity contribution in [1.82, 2.24) is 0 Å². The van der Waals surface area contributed by atoms with Crippen molar-refractivity contribution in [1.29, 1.82) is 0 Å². The lowest BCUT2D eigenvalue weighted by Gasteiger charge is -2.07. The monoisotopic (exact) mass is 200 g/mol. The molecule has 0 spiro atoms. The minimum Gasteiger partial charge on any atom is -0.493 e. The van der Waals surface area contributed by atoms with Crippen molar-refractivity contribution in [3.8, 4) is 5.75 Å². The summed E-state index contributed by atoms with van der Waals surface area (Å²) in [6.07, 6.45) is 0.655. The van der Waals surface area contributed by atoms with Crippen LogP contribution in [0.25, 0.3) is 0 Å². The number of hydrogen-bond donors (Lipinski definition) is 1. The Bertz CT molecular complexity index is 274. The zero-order valence-electron chi connectivity index (χ0n) is 7.59. The standard InChI is InChI=1S/C10H13ClO2/c1-8-7-9(11)3-4-10(8)13-6-2-5-12/h3-4,7,12H,2,5-6H2,1H3. The number of ether oxygens (including phenoxy) is 1. The summed E-state index contributed by atoms with van der Waals surface area (Å²) in [5.74, 6) is 0.831. The third-order valence-electron chi connectivity index (χ3n) is 1.70. The molecular weight excluding hydrogens is 188 g/mol. The van der Waals surface area contributed by atoms with E-state index in [1.807, 2.05) is 19.1 Å². The van der Waals surface area contributed by atoms with Crippen LogP contribution >= 0.6 is 11.6 Å². The third kappa shape index (κ3) is 3.25. The van der Waals surface area contributed by atoms with Crippen LogP contribution in [0.4, 0.5) is 0 Å². The number of halogens is 1. The molecule has 0 atom stereocenters. The average molecular weight is 201 g/mol. The Morgan fingerprint density at radius 3 is 2.85 bits per heavy atom. The van der Waals surface area contributed by atoms with E-state index in [9.17, 15) is 0 Å². The van der Waals surface area contributed by atoms with Gasteiger partial charge in [-0.15, -0.1) is 0 Å². The van der Waals surface area contributed by atoms with Gasteiger partial charge in [-0.3, -0.25) is 0 Å². The molecular formula is C10H13ClO2. The molecule has 0 fully saturated rings. The molecule has 0 aliphatic carbocycles. The zero-order chi connectivity index (χ0) is 9.68. The van der Waals surface area contributed by atoms with Gasteiger partial charge in [0, 0.05) is 18.1 Å². The fourth-order valence-electron chi connectivity index (χ4n) is 1.02. The number of aryl methyl sites for hydroxylation is 1. The Balaban J connectivity index is 2.56. The summed E-state index contributed by atoms with van der Waals surface area (Å²) < 4.78 is 5.41. The molecule has 0 saturated heterocycles. The van der Waals surface area contributed by atoms with Gasteiger partial charge >= 0.3 is 0 Å². The second-order valence-electron chi connectivity index (χ2n) is 2.84. The zero-order valence-corrected chi connectivity index (χ0v) is 8.34. The molecule has 0 radical (unpaired) electrons. The van der Waals surface area contributed by atoms with Crippen LogP contribution in [-0.2, 0) is 0 Å². The van der Waals surface area contributed by atoms with Gasteiger partial charge in [0.25, 0.3) is 0 Å². The number of hydrogen-bond acceptors (Lipinski definition) is 2. The summed E-state index contributed by atoms with van der Waals surface area (Å²) in [4.78, 5) is 0. The molecule has 0 aliphatic rings. The average Bonchev–Trinajstić information content (AvgIpc) is 2.09. The van der Waals surface area contributed by atoms with E-state index >= 15 is 0 Å². The predicted octanol–water partition coefficient (Wildman–Crippen LogP) is 2.41. The first-order valence-electron chi connectivity index (χ1n) is 4.24. The van der Waals surface area contributed by atoms with Crippen molar-refractivity contribution >= 4 is 11.6 Å². The van der Waals surface area contributed by atoms with Gasteiger partial charge in [0.05, 0.1) is 6.61 Å². The molecule has 0 bridgehead atoms. The molecule has 2 nitrogen and oxygen atoms in total. The Labute approximate surface area is 83.1 Å². The van der Waals surface area contributed by atoms with E-state index in [1.54, 1.807) is 6.07 Å². The summed E-state index contributed by atoms with van der Waals surface area (Å²) in [6, 6.07) is 5.49. The van der Waals surface area contributed by atoms with Crippen molar-refractivity contribution in [2.24, 2.45) is 0 Å². The first-order chi connectivity index (χ1) is 6.24. The maximum absolute atomic E-state index is 8.56. The molecule has 1 rings (SSSR count). The molecule has 3 heteroatoms. The maximum Gasteiger partial charge on any atom is 0.122 e. The van der Waals surface area contributed by atoms with Gasteiger partial charge in [-0.1, -0.05) is 11.6 Å². The van der Waals surface area contributed by atoms with Gasteiger partial charge < -0.3 is 9.84 Å². The van der Waals surface area contributed by atoms with Gasteiger partial charge in [0.15, 0.2) is 0 Å². The SMILES string of the molecule is Cc1cc(Cl)ccc1OCCCO. The molecule has 0 unspecified atom stereocenters. The first-order valence-corrected chi connectivity index (χ1v) is 4.61. The number of benzene rings is 1. The molecule has 1 aromatic rings. The topological polar surface area (TPSA) is 29.5 Å². The molecule has 1 N–H and O–H groups in total. The highest BCUT2D eigenvalue weighted by atomic mass is 35.5. The van der Waals surface area contributed by atoms with Crippen LogP contribution in [0.1, 0.15) is 12.0 Å². The van der Waals surface area contributed by atoms with Crippen molar-refractivity contribution in [3.05, 3.63) is 28.8 Å². The Morgan fingerprint density at radius 1 is 1.46 bits per heavy atom. The predicted molar refractivity (Wildman–Crippen MR) is 53.4 cm³/mol. The minimum atomic E-state index is 0.159. The lowest BCUT2D eigenvalue weighted by Crippen LogP contribution is -2.00. The van der Waals surface area contributed by atoms with Crippen LogP contribution < -0.4 is 4.74 Å². The highest BCUT2D eigenvalue weighted by Gasteiger charge is 1.99.